The molecule has 766 valence electrons. The van der Waals surface area contributed by atoms with Crippen LogP contribution in [0.3, 0.4) is 0 Å². The topological polar surface area (TPSA) is 666 Å². The molecule has 2 fully saturated rings. The molecule has 15 unspecified atom stereocenters. The molecule has 0 saturated carbocycles. The van der Waals surface area contributed by atoms with Gasteiger partial charge in [-0.05, 0) is 154 Å². The molecule has 0 aromatic rings. The molecule has 2 aliphatic heterocycles. The molecule has 0 aliphatic carbocycles. The quantitative estimate of drug-likeness (QED) is 0.0202. The number of aliphatic hydroxyl groups is 12. The summed E-state index contributed by atoms with van der Waals surface area (Å²) in [6, 6.07) is -8.14. The maximum atomic E-state index is 14.9. The number of carbonyl (C=O) groups excluding carboxylic acids is 12. The predicted molar refractivity (Wildman–Crippen MR) is 474 cm³/mol. The number of unbranched alkanes of at least 4 members (excludes halogenated alkanes) is 7. The van der Waals surface area contributed by atoms with Crippen LogP contribution in [-0.4, -0.2) is 385 Å². The number of hydrogen-bond acceptors (Lipinski definition) is 33. The second-order valence-electron chi connectivity index (χ2n) is 34.5. The first-order valence-electron chi connectivity index (χ1n) is 46.3. The average Bonchev–Trinajstić information content (AvgIpc) is 0.832. The Balaban J connectivity index is 2.48. The van der Waals surface area contributed by atoms with Crippen LogP contribution in [-0.2, 0) is 100 Å². The molecule has 2 aliphatic rings. The Bertz CT molecular complexity index is 3310. The highest BCUT2D eigenvalue weighted by atomic mass is 16.7. The van der Waals surface area contributed by atoms with Crippen LogP contribution in [0.15, 0.2) is 0 Å². The van der Waals surface area contributed by atoms with Crippen molar-refractivity contribution in [3.05, 3.63) is 0 Å². The summed E-state index contributed by atoms with van der Waals surface area (Å²) in [6.07, 6.45) is -10.9. The lowest BCUT2D eigenvalue weighted by atomic mass is 9.76. The van der Waals surface area contributed by atoms with Crippen molar-refractivity contribution in [1.29, 1.82) is 0 Å². The van der Waals surface area contributed by atoms with Crippen molar-refractivity contribution in [3.63, 3.8) is 0 Å². The minimum Gasteiger partial charge on any atom is -0.394 e. The van der Waals surface area contributed by atoms with Gasteiger partial charge in [-0.15, -0.1) is 0 Å². The number of aliphatic hydroxyl groups excluding tert-OH is 12. The summed E-state index contributed by atoms with van der Waals surface area (Å²) in [5.74, 6) is -6.13. The molecule has 0 aromatic heterocycles. The van der Waals surface area contributed by atoms with Crippen molar-refractivity contribution in [2.24, 2.45) is 11.3 Å². The Labute approximate surface area is 774 Å². The first kappa shape index (κ1) is 121. The first-order valence-corrected chi connectivity index (χ1v) is 46.3. The molecule has 2 rings (SSSR count). The molecule has 2 saturated heterocycles. The Hall–Kier alpha value is -7.20. The standard InChI is InChI=1S/C87H160N12O33/c1-53(87(9,10)43-76(118)99-38-26-27-61(99)52-124-11)44-91-81(122)63(98-82(123)64(97-75(117)34-17-24-41-127-85(67(47-102)94-59(7)112)131-70(50-105)56(4)109)30-13-20-36-89-73(115)32-16-23-40-126-84(66(46-101)93-58(6)111)130-69(49-104)55(3)108)29-14-21-37-90-80(121)62(96-74(116)33-18-25-42-128-86-77(95-60(8)113)79(120)78(119)71(51-106)132-86)28-12-19-35-88-72(114)31-15-22-39-125-83(65(45-100)92-57(5)110)129-68(48-103)54(2)107/h53-56,61-71,77-79,83-86,100-109,119-120H,12-52H2,1-11H3,(H,88,114)(H,89,115)(H,90,121)(H,91,122)(H,92,110)(H,93,111)(H,94,112)(H,95,113)(H,96,116)(H,97,117)(H,98,123)/t53?,54-,55-,56-,61+,62?,63?,64?,65+,66+,67+,68?,69?,70?,71?,77?,78?,79?,83?,84?,85?,86?/m1/s1. The van der Waals surface area contributed by atoms with E-state index < -0.39 is 227 Å². The number of amides is 12. The van der Waals surface area contributed by atoms with Gasteiger partial charge in [0.05, 0.1) is 77.2 Å². The van der Waals surface area contributed by atoms with Gasteiger partial charge in [-0.3, -0.25) is 57.5 Å². The van der Waals surface area contributed by atoms with Gasteiger partial charge >= 0.3 is 0 Å². The van der Waals surface area contributed by atoms with E-state index in [4.69, 9.17) is 42.6 Å². The van der Waals surface area contributed by atoms with E-state index in [1.165, 1.54) is 48.5 Å². The number of ether oxygens (including phenoxy) is 9. The van der Waals surface area contributed by atoms with Crippen LogP contribution in [0.2, 0.25) is 0 Å². The maximum Gasteiger partial charge on any atom is 0.243 e. The van der Waals surface area contributed by atoms with Gasteiger partial charge in [-0.25, -0.2) is 0 Å². The molecule has 132 heavy (non-hydrogen) atoms. The molecule has 0 aromatic carbocycles. The monoisotopic (exact) mass is 1900 g/mol. The van der Waals surface area contributed by atoms with E-state index in [0.29, 0.717) is 58.1 Å². The second-order valence-corrected chi connectivity index (χ2v) is 34.5. The van der Waals surface area contributed by atoms with Gasteiger partial charge in [0.25, 0.3) is 0 Å². The minimum atomic E-state index is -1.55. The number of rotatable bonds is 75. The van der Waals surface area contributed by atoms with E-state index in [1.54, 1.807) is 7.11 Å². The fraction of sp³-hybridized carbons (Fsp3) is 0.862. The number of nitrogens with one attached hydrogen (secondary N) is 11. The highest BCUT2D eigenvalue weighted by Gasteiger charge is 2.46. The fourth-order valence-electron chi connectivity index (χ4n) is 14.4. The molecular weight excluding hydrogens is 1740 g/mol. The van der Waals surface area contributed by atoms with Crippen molar-refractivity contribution < 1.29 is 161 Å². The number of nitrogens with zero attached hydrogens (tertiary/aromatic N) is 1. The number of methoxy groups -OCH3 is 1. The molecule has 12 amide bonds. The van der Waals surface area contributed by atoms with E-state index in [2.05, 4.69) is 58.5 Å². The smallest absolute Gasteiger partial charge is 0.243 e. The highest BCUT2D eigenvalue weighted by molar-refractivity contribution is 5.92. The second kappa shape index (κ2) is 68.7. The van der Waals surface area contributed by atoms with Gasteiger partial charge in [0.15, 0.2) is 25.2 Å². The van der Waals surface area contributed by atoms with Crippen molar-refractivity contribution in [2.75, 3.05) is 119 Å². The zero-order chi connectivity index (χ0) is 98.8. The Morgan fingerprint density at radius 3 is 1.21 bits per heavy atom. The van der Waals surface area contributed by atoms with E-state index in [1.807, 2.05) is 25.7 Å². The average molecular weight is 1900 g/mol. The normalized spacial score (nSPS) is 20.0. The number of hydrogen-bond donors (Lipinski definition) is 23. The van der Waals surface area contributed by atoms with E-state index >= 15 is 0 Å². The zero-order valence-electron chi connectivity index (χ0n) is 79.1. The minimum absolute atomic E-state index is 0.000568. The summed E-state index contributed by atoms with van der Waals surface area (Å²) in [6.45, 7) is 11.6. The highest BCUT2D eigenvalue weighted by Crippen LogP contribution is 2.33. The molecule has 45 nitrogen and oxygen atoms in total. The van der Waals surface area contributed by atoms with Crippen molar-refractivity contribution >= 4 is 70.9 Å². The number of carbonyl (C=O) groups is 12. The van der Waals surface area contributed by atoms with Gasteiger partial charge in [-0.1, -0.05) is 20.8 Å². The summed E-state index contributed by atoms with van der Waals surface area (Å²) in [5, 5.41) is 151. The third kappa shape index (κ3) is 49.5. The summed E-state index contributed by atoms with van der Waals surface area (Å²) < 4.78 is 51.5. The molecule has 0 radical (unpaired) electrons. The largest absolute Gasteiger partial charge is 0.394 e. The number of likely N-dealkylation sites (tertiary alicyclic amines) is 1. The Morgan fingerprint density at radius 1 is 0.447 bits per heavy atom. The third-order valence-corrected chi connectivity index (χ3v) is 22.6. The lowest BCUT2D eigenvalue weighted by molar-refractivity contribution is -0.270. The van der Waals surface area contributed by atoms with Gasteiger partial charge in [0, 0.05) is 126 Å². The molecule has 0 bridgehead atoms. The van der Waals surface area contributed by atoms with Crippen LogP contribution in [0.25, 0.3) is 0 Å². The van der Waals surface area contributed by atoms with Crippen molar-refractivity contribution in [1.82, 2.24) is 63.4 Å². The van der Waals surface area contributed by atoms with Crippen LogP contribution in [0.1, 0.15) is 223 Å². The van der Waals surface area contributed by atoms with Crippen molar-refractivity contribution in [2.45, 2.75) is 352 Å². The van der Waals surface area contributed by atoms with Crippen LogP contribution >= 0.6 is 0 Å². The molecular formula is C87H160N12O33. The van der Waals surface area contributed by atoms with E-state index in [-0.39, 0.29) is 179 Å². The van der Waals surface area contributed by atoms with E-state index in [9.17, 15) is 119 Å². The molecule has 45 heteroatoms. The maximum absolute atomic E-state index is 14.9. The summed E-state index contributed by atoms with van der Waals surface area (Å²) in [4.78, 5) is 161. The van der Waals surface area contributed by atoms with Gasteiger partial charge < -0.3 is 167 Å². The SMILES string of the molecule is COC[C@@H]1CCCN1C(=O)CC(C)(C)C(C)CNC(=O)C(CCCCNC(=O)C(CCCCNC(=O)CCCCOC(OC(CO)[C@@H](C)O)[C@H](CO)NC(C)=O)NC(=O)CCCCOC1OC(CO)C(O)C(O)C1NC(C)=O)NC(=O)C(CCCCNC(=O)CCCCOC(OC(CO)[C@@H](C)O)[C@H](CO)NC(C)=O)NC(=O)CCCCOC(OC(CO)[C@@H](C)O)[C@H](CO)NC(C)=O. The molecule has 0 spiro atoms. The fourth-order valence-corrected chi connectivity index (χ4v) is 14.4. The molecule has 2 heterocycles. The van der Waals surface area contributed by atoms with Crippen LogP contribution in [0.4, 0.5) is 0 Å². The van der Waals surface area contributed by atoms with Crippen LogP contribution in [0.5, 0.6) is 0 Å². The van der Waals surface area contributed by atoms with Gasteiger partial charge in [-0.2, -0.15) is 0 Å². The Morgan fingerprint density at radius 2 is 0.833 bits per heavy atom. The van der Waals surface area contributed by atoms with Crippen LogP contribution in [0, 0.1) is 11.3 Å². The van der Waals surface area contributed by atoms with Crippen LogP contribution < -0.4 is 58.5 Å². The van der Waals surface area contributed by atoms with E-state index in [0.717, 1.165) is 12.8 Å². The summed E-state index contributed by atoms with van der Waals surface area (Å²) in [7, 11) is 1.58. The first-order chi connectivity index (χ1) is 62.7. The summed E-state index contributed by atoms with van der Waals surface area (Å²) >= 11 is 0. The summed E-state index contributed by atoms with van der Waals surface area (Å²) in [5.41, 5.74) is -0.657. The van der Waals surface area contributed by atoms with Gasteiger partial charge in [0.2, 0.25) is 70.9 Å². The lowest BCUT2D eigenvalue weighted by Gasteiger charge is -2.42. The van der Waals surface area contributed by atoms with Gasteiger partial charge in [0.1, 0.15) is 78.9 Å². The third-order valence-electron chi connectivity index (χ3n) is 22.6. The lowest BCUT2D eigenvalue weighted by Crippen LogP contribution is -2.64. The Kier molecular flexibility index (Phi) is 62.9. The van der Waals surface area contributed by atoms with Crippen molar-refractivity contribution in [3.8, 4) is 0 Å². The molecule has 23 N–H and O–H groups in total. The predicted octanol–water partition coefficient (Wildman–Crippen LogP) is -4.46. The molecule has 22 atom stereocenters. The zero-order valence-corrected chi connectivity index (χ0v) is 79.1.